The van der Waals surface area contributed by atoms with Crippen molar-refractivity contribution in [3.63, 3.8) is 0 Å². The van der Waals surface area contributed by atoms with Crippen molar-refractivity contribution in [2.45, 2.75) is 51.7 Å². The number of halogens is 5. The van der Waals surface area contributed by atoms with Gasteiger partial charge in [0.2, 0.25) is 34.8 Å². The molecule has 9 heteroatoms. The summed E-state index contributed by atoms with van der Waals surface area (Å²) in [5.41, 5.74) is 4.20. The Bertz CT molecular complexity index is 627. The lowest BCUT2D eigenvalue weighted by Crippen LogP contribution is -2.36. The van der Waals surface area contributed by atoms with Crippen molar-refractivity contribution in [3.05, 3.63) is 29.1 Å². The third kappa shape index (κ3) is 5.93. The zero-order valence-corrected chi connectivity index (χ0v) is 14.3. The summed E-state index contributed by atoms with van der Waals surface area (Å²) < 4.78 is 75.9. The van der Waals surface area contributed by atoms with E-state index in [2.05, 4.69) is 4.74 Å². The Morgan fingerprint density at radius 2 is 1.36 bits per heavy atom. The first kappa shape index (κ1) is 21.3. The summed E-state index contributed by atoms with van der Waals surface area (Å²) in [4.78, 5) is 11.8. The number of esters is 1. The van der Waals surface area contributed by atoms with Gasteiger partial charge in [-0.15, -0.1) is 0 Å². The summed E-state index contributed by atoms with van der Waals surface area (Å²) in [7, 11) is 0. The largest absolute Gasteiger partial charge is 0.420 e. The Morgan fingerprint density at radius 3 is 1.80 bits per heavy atom. The van der Waals surface area contributed by atoms with Crippen LogP contribution in [0, 0.1) is 29.1 Å². The molecule has 25 heavy (non-hydrogen) atoms. The predicted molar refractivity (Wildman–Crippen MR) is 79.4 cm³/mol. The standard InChI is InChI=1S/C16H20F5NO3/c1-15(2,22)5-6-24-16(3,4)7-8(23)25-14-12(20)10(18)9(17)11(19)13(14)21/h5-7,22H2,1-4H3. The molecule has 0 atom stereocenters. The molecule has 142 valence electrons. The molecule has 0 spiro atoms. The zero-order valence-electron chi connectivity index (χ0n) is 14.3. The van der Waals surface area contributed by atoms with Crippen LogP contribution in [0.1, 0.15) is 40.5 Å². The van der Waals surface area contributed by atoms with Crippen molar-refractivity contribution in [1.29, 1.82) is 0 Å². The number of hydrogen-bond donors (Lipinski definition) is 1. The molecular formula is C16H20F5NO3. The van der Waals surface area contributed by atoms with Gasteiger partial charge in [-0.25, -0.2) is 13.2 Å². The maximum absolute atomic E-state index is 13.5. The molecule has 0 saturated heterocycles. The minimum Gasteiger partial charge on any atom is -0.420 e. The summed E-state index contributed by atoms with van der Waals surface area (Å²) in [6, 6.07) is 0. The number of hydrogen-bond acceptors (Lipinski definition) is 4. The van der Waals surface area contributed by atoms with Gasteiger partial charge in [-0.3, -0.25) is 4.79 Å². The number of carbonyl (C=O) groups is 1. The molecule has 0 radical (unpaired) electrons. The predicted octanol–water partition coefficient (Wildman–Crippen LogP) is 3.60. The molecule has 0 heterocycles. The lowest BCUT2D eigenvalue weighted by Gasteiger charge is -2.27. The fourth-order valence-electron chi connectivity index (χ4n) is 1.81. The molecule has 0 aliphatic rings. The Balaban J connectivity index is 2.80. The van der Waals surface area contributed by atoms with Gasteiger partial charge in [-0.1, -0.05) is 0 Å². The van der Waals surface area contributed by atoms with Crippen LogP contribution >= 0.6 is 0 Å². The monoisotopic (exact) mass is 369 g/mol. The van der Waals surface area contributed by atoms with E-state index < -0.39 is 58.4 Å². The first-order valence-electron chi connectivity index (χ1n) is 7.40. The van der Waals surface area contributed by atoms with Crippen molar-refractivity contribution in [1.82, 2.24) is 0 Å². The van der Waals surface area contributed by atoms with Crippen LogP contribution in [0.3, 0.4) is 0 Å². The van der Waals surface area contributed by atoms with Crippen molar-refractivity contribution >= 4 is 5.97 Å². The van der Waals surface area contributed by atoms with E-state index in [1.165, 1.54) is 13.8 Å². The van der Waals surface area contributed by atoms with Crippen LogP contribution in [0.5, 0.6) is 5.75 Å². The van der Waals surface area contributed by atoms with E-state index in [1.807, 2.05) is 0 Å². The molecule has 0 bridgehead atoms. The first-order chi connectivity index (χ1) is 11.2. The smallest absolute Gasteiger partial charge is 0.314 e. The number of benzene rings is 1. The summed E-state index contributed by atoms with van der Waals surface area (Å²) in [5, 5.41) is 0. The summed E-state index contributed by atoms with van der Waals surface area (Å²) >= 11 is 0. The van der Waals surface area contributed by atoms with Crippen LogP contribution in [0.4, 0.5) is 22.0 Å². The molecule has 0 aromatic heterocycles. The van der Waals surface area contributed by atoms with E-state index in [1.54, 1.807) is 13.8 Å². The Kier molecular flexibility index (Phi) is 6.52. The van der Waals surface area contributed by atoms with Gasteiger partial charge < -0.3 is 15.2 Å². The van der Waals surface area contributed by atoms with Gasteiger partial charge in [0, 0.05) is 12.1 Å². The van der Waals surface area contributed by atoms with Gasteiger partial charge in [0.05, 0.1) is 12.0 Å². The first-order valence-corrected chi connectivity index (χ1v) is 7.40. The fraction of sp³-hybridized carbons (Fsp3) is 0.562. The van der Waals surface area contributed by atoms with Gasteiger partial charge in [-0.05, 0) is 34.1 Å². The molecule has 0 aliphatic heterocycles. The van der Waals surface area contributed by atoms with Gasteiger partial charge >= 0.3 is 5.97 Å². The quantitative estimate of drug-likeness (QED) is 0.262. The topological polar surface area (TPSA) is 61.5 Å². The lowest BCUT2D eigenvalue weighted by atomic mass is 10.0. The minimum atomic E-state index is -2.33. The number of ether oxygens (including phenoxy) is 2. The highest BCUT2D eigenvalue weighted by Crippen LogP contribution is 2.30. The average Bonchev–Trinajstić information content (AvgIpc) is 2.45. The summed E-state index contributed by atoms with van der Waals surface area (Å²) in [6.07, 6.45) is 0.000608. The molecule has 2 N–H and O–H groups in total. The maximum atomic E-state index is 13.5. The molecular weight excluding hydrogens is 349 g/mol. The molecule has 4 nitrogen and oxygen atoms in total. The van der Waals surface area contributed by atoms with Gasteiger partial charge in [0.25, 0.3) is 0 Å². The van der Waals surface area contributed by atoms with E-state index in [-0.39, 0.29) is 6.61 Å². The SMILES string of the molecule is CC(C)(N)CCOC(C)(C)CC(=O)Oc1c(F)c(F)c(F)c(F)c1F. The molecule has 0 amide bonds. The van der Waals surface area contributed by atoms with Crippen LogP contribution in [-0.4, -0.2) is 23.7 Å². The maximum Gasteiger partial charge on any atom is 0.314 e. The third-order valence-electron chi connectivity index (χ3n) is 3.19. The van der Waals surface area contributed by atoms with Crippen molar-refractivity contribution in [3.8, 4) is 5.75 Å². The second-order valence-electron chi connectivity index (χ2n) is 6.90. The van der Waals surface area contributed by atoms with E-state index in [9.17, 15) is 26.7 Å². The van der Waals surface area contributed by atoms with E-state index >= 15 is 0 Å². The van der Waals surface area contributed by atoms with E-state index in [4.69, 9.17) is 10.5 Å². The van der Waals surface area contributed by atoms with Crippen LogP contribution in [0.15, 0.2) is 0 Å². The van der Waals surface area contributed by atoms with Gasteiger partial charge in [-0.2, -0.15) is 8.78 Å². The minimum absolute atomic E-state index is 0.201. The Morgan fingerprint density at radius 1 is 0.920 bits per heavy atom. The molecule has 1 rings (SSSR count). The van der Waals surface area contributed by atoms with Gasteiger partial charge in [0.15, 0.2) is 0 Å². The second kappa shape index (κ2) is 7.65. The number of nitrogens with two attached hydrogens (primary N) is 1. The highest BCUT2D eigenvalue weighted by atomic mass is 19.2. The zero-order chi connectivity index (χ0) is 19.6. The molecule has 0 aliphatic carbocycles. The summed E-state index contributed by atoms with van der Waals surface area (Å²) in [6.45, 7) is 6.78. The van der Waals surface area contributed by atoms with Crippen LogP contribution in [-0.2, 0) is 9.53 Å². The third-order valence-corrected chi connectivity index (χ3v) is 3.19. The highest BCUT2D eigenvalue weighted by Gasteiger charge is 2.31. The van der Waals surface area contributed by atoms with Gasteiger partial charge in [0.1, 0.15) is 0 Å². The Hall–Kier alpha value is -1.74. The normalized spacial score (nSPS) is 12.4. The van der Waals surface area contributed by atoms with Crippen molar-refractivity contribution in [2.75, 3.05) is 6.61 Å². The molecule has 0 saturated carbocycles. The number of rotatable bonds is 7. The molecule has 0 fully saturated rings. The second-order valence-corrected chi connectivity index (χ2v) is 6.90. The van der Waals surface area contributed by atoms with Crippen LogP contribution < -0.4 is 10.5 Å². The lowest BCUT2D eigenvalue weighted by molar-refractivity contribution is -0.141. The summed E-state index contributed by atoms with van der Waals surface area (Å²) in [5.74, 6) is -14.0. The van der Waals surface area contributed by atoms with Crippen LogP contribution in [0.2, 0.25) is 0 Å². The number of carbonyl (C=O) groups excluding carboxylic acids is 1. The highest BCUT2D eigenvalue weighted by molar-refractivity contribution is 5.73. The van der Waals surface area contributed by atoms with Crippen molar-refractivity contribution in [2.24, 2.45) is 5.73 Å². The fourth-order valence-corrected chi connectivity index (χ4v) is 1.81. The molecule has 0 unspecified atom stereocenters. The van der Waals surface area contributed by atoms with E-state index in [0.29, 0.717) is 6.42 Å². The van der Waals surface area contributed by atoms with Crippen LogP contribution in [0.25, 0.3) is 0 Å². The average molecular weight is 369 g/mol. The Labute approximate surface area is 142 Å². The van der Waals surface area contributed by atoms with Crippen molar-refractivity contribution < 1.29 is 36.2 Å². The van der Waals surface area contributed by atoms with E-state index in [0.717, 1.165) is 0 Å². The molecule has 1 aromatic carbocycles. The molecule has 1 aromatic rings.